The maximum atomic E-state index is 13.3. The smallest absolute Gasteiger partial charge is 0.142 e. The molecule has 0 bridgehead atoms. The summed E-state index contributed by atoms with van der Waals surface area (Å²) in [4.78, 5) is 12.3. The van der Waals surface area contributed by atoms with Crippen LogP contribution in [0.5, 0.6) is 0 Å². The molecule has 0 aromatic heterocycles. The molecule has 1 spiro atoms. The Morgan fingerprint density at radius 2 is 2.16 bits per heavy atom. The van der Waals surface area contributed by atoms with Crippen LogP contribution >= 0.6 is 11.6 Å². The molecule has 0 radical (unpaired) electrons. The number of benzene rings is 1. The van der Waals surface area contributed by atoms with Gasteiger partial charge in [0.1, 0.15) is 11.6 Å². The fourth-order valence-corrected chi connectivity index (χ4v) is 3.37. The summed E-state index contributed by atoms with van der Waals surface area (Å²) in [6.07, 6.45) is 3.54. The number of piperidine rings is 1. The lowest BCUT2D eigenvalue weighted by Crippen LogP contribution is -2.30. The topological polar surface area (TPSA) is 29.1 Å². The molecule has 1 aromatic rings. The lowest BCUT2D eigenvalue weighted by Gasteiger charge is -2.23. The summed E-state index contributed by atoms with van der Waals surface area (Å²) in [6.45, 7) is 2.03. The third-order valence-electron chi connectivity index (χ3n) is 4.54. The van der Waals surface area contributed by atoms with Crippen LogP contribution in [0, 0.1) is 17.2 Å². The number of carbonyl (C=O) groups excluding carboxylic acids is 1. The van der Waals surface area contributed by atoms with Gasteiger partial charge in [-0.25, -0.2) is 4.39 Å². The number of nitrogens with one attached hydrogen (secondary N) is 1. The zero-order valence-corrected chi connectivity index (χ0v) is 11.5. The van der Waals surface area contributed by atoms with Crippen molar-refractivity contribution < 1.29 is 9.18 Å². The highest BCUT2D eigenvalue weighted by atomic mass is 35.5. The number of ketones is 1. The molecule has 102 valence electrons. The van der Waals surface area contributed by atoms with Crippen LogP contribution in [0.15, 0.2) is 18.2 Å². The van der Waals surface area contributed by atoms with E-state index in [0.717, 1.165) is 37.9 Å². The van der Waals surface area contributed by atoms with Gasteiger partial charge in [0.15, 0.2) is 0 Å². The van der Waals surface area contributed by atoms with Crippen molar-refractivity contribution in [3.63, 3.8) is 0 Å². The van der Waals surface area contributed by atoms with Gasteiger partial charge in [-0.1, -0.05) is 17.7 Å². The van der Waals surface area contributed by atoms with E-state index >= 15 is 0 Å². The van der Waals surface area contributed by atoms with Gasteiger partial charge in [0.05, 0.1) is 5.02 Å². The molecule has 1 heterocycles. The maximum Gasteiger partial charge on any atom is 0.142 e. The van der Waals surface area contributed by atoms with Crippen LogP contribution in [0.4, 0.5) is 4.39 Å². The lowest BCUT2D eigenvalue weighted by atomic mass is 9.89. The molecule has 1 N–H and O–H groups in total. The van der Waals surface area contributed by atoms with Crippen LogP contribution in [0.25, 0.3) is 0 Å². The van der Waals surface area contributed by atoms with Gasteiger partial charge in [-0.3, -0.25) is 4.79 Å². The summed E-state index contributed by atoms with van der Waals surface area (Å²) >= 11 is 5.64. The molecule has 2 aliphatic rings. The van der Waals surface area contributed by atoms with Crippen molar-refractivity contribution in [2.75, 3.05) is 13.1 Å². The van der Waals surface area contributed by atoms with Crippen LogP contribution in [-0.4, -0.2) is 18.9 Å². The zero-order valence-electron chi connectivity index (χ0n) is 10.7. The van der Waals surface area contributed by atoms with Crippen LogP contribution in [0.2, 0.25) is 5.02 Å². The molecular weight excluding hydrogens is 265 g/mol. The molecule has 3 rings (SSSR count). The summed E-state index contributed by atoms with van der Waals surface area (Å²) in [5.41, 5.74) is 0.982. The lowest BCUT2D eigenvalue weighted by molar-refractivity contribution is -0.120. The molecule has 1 aliphatic carbocycles. The number of hydrogen-bond acceptors (Lipinski definition) is 2. The first-order valence-corrected chi connectivity index (χ1v) is 7.16. The van der Waals surface area contributed by atoms with Crippen molar-refractivity contribution in [1.29, 1.82) is 0 Å². The second kappa shape index (κ2) is 4.88. The number of Topliss-reactive ketones (excluding diaryl/α,β-unsaturated/α-hetero) is 1. The predicted octanol–water partition coefficient (Wildman–Crippen LogP) is 2.98. The van der Waals surface area contributed by atoms with Crippen molar-refractivity contribution in [1.82, 2.24) is 5.32 Å². The molecule has 1 aliphatic heterocycles. The second-order valence-corrected chi connectivity index (χ2v) is 6.17. The van der Waals surface area contributed by atoms with Gasteiger partial charge in [-0.15, -0.1) is 0 Å². The van der Waals surface area contributed by atoms with Gasteiger partial charge in [0.2, 0.25) is 0 Å². The van der Waals surface area contributed by atoms with Gasteiger partial charge < -0.3 is 5.32 Å². The van der Waals surface area contributed by atoms with Gasteiger partial charge in [0, 0.05) is 12.3 Å². The van der Waals surface area contributed by atoms with E-state index in [0.29, 0.717) is 6.42 Å². The number of halogens is 2. The van der Waals surface area contributed by atoms with Crippen molar-refractivity contribution in [2.24, 2.45) is 11.3 Å². The minimum atomic E-state index is -0.445. The Hall–Kier alpha value is -0.930. The molecule has 0 amide bonds. The van der Waals surface area contributed by atoms with Crippen molar-refractivity contribution in [3.8, 4) is 0 Å². The standard InChI is InChI=1S/C15H17ClFNO/c16-12-2-1-10(7-13(12)17)8-14(19)11-9-15(11)3-5-18-6-4-15/h1-2,7,11,18H,3-6,8-9H2. The van der Waals surface area contributed by atoms with Crippen LogP contribution in [-0.2, 0) is 11.2 Å². The largest absolute Gasteiger partial charge is 0.317 e. The fourth-order valence-electron chi connectivity index (χ4n) is 3.25. The molecule has 1 aromatic carbocycles. The molecule has 2 nitrogen and oxygen atoms in total. The van der Waals surface area contributed by atoms with E-state index in [1.807, 2.05) is 0 Å². The Labute approximate surface area is 117 Å². The molecule has 19 heavy (non-hydrogen) atoms. The van der Waals surface area contributed by atoms with E-state index in [-0.39, 0.29) is 22.1 Å². The average molecular weight is 282 g/mol. The third kappa shape index (κ3) is 2.54. The minimum Gasteiger partial charge on any atom is -0.317 e. The van der Waals surface area contributed by atoms with Crippen LogP contribution in [0.3, 0.4) is 0 Å². The first-order valence-electron chi connectivity index (χ1n) is 6.78. The van der Waals surface area contributed by atoms with Gasteiger partial charge in [-0.2, -0.15) is 0 Å². The minimum absolute atomic E-state index is 0.109. The van der Waals surface area contributed by atoms with E-state index in [1.165, 1.54) is 12.1 Å². The normalized spacial score (nSPS) is 24.4. The molecule has 1 unspecified atom stereocenters. The summed E-state index contributed by atoms with van der Waals surface area (Å²) in [6, 6.07) is 4.63. The first-order chi connectivity index (χ1) is 9.11. The highest BCUT2D eigenvalue weighted by molar-refractivity contribution is 6.30. The summed E-state index contributed by atoms with van der Waals surface area (Å²) in [7, 11) is 0. The van der Waals surface area contributed by atoms with Crippen LogP contribution in [0.1, 0.15) is 24.8 Å². The summed E-state index contributed by atoms with van der Waals surface area (Å²) in [5, 5.41) is 3.44. The molecule has 1 saturated heterocycles. The summed E-state index contributed by atoms with van der Waals surface area (Å²) < 4.78 is 13.3. The van der Waals surface area contributed by atoms with Crippen molar-refractivity contribution >= 4 is 17.4 Å². The Bertz CT molecular complexity index is 511. The molecule has 4 heteroatoms. The highest BCUT2D eigenvalue weighted by Gasteiger charge is 2.56. The van der Waals surface area contributed by atoms with Gasteiger partial charge in [0.25, 0.3) is 0 Å². The Morgan fingerprint density at radius 3 is 2.84 bits per heavy atom. The summed E-state index contributed by atoms with van der Waals surface area (Å²) in [5.74, 6) is -0.00342. The Morgan fingerprint density at radius 1 is 1.42 bits per heavy atom. The fraction of sp³-hybridized carbons (Fsp3) is 0.533. The van der Waals surface area contributed by atoms with E-state index in [9.17, 15) is 9.18 Å². The van der Waals surface area contributed by atoms with E-state index in [4.69, 9.17) is 11.6 Å². The molecular formula is C15H17ClFNO. The van der Waals surface area contributed by atoms with Crippen molar-refractivity contribution in [2.45, 2.75) is 25.7 Å². The molecule has 1 atom stereocenters. The maximum absolute atomic E-state index is 13.3. The first kappa shape index (κ1) is 13.1. The number of hydrogen-bond donors (Lipinski definition) is 1. The number of rotatable bonds is 3. The Balaban J connectivity index is 1.64. The van der Waals surface area contributed by atoms with E-state index in [1.54, 1.807) is 6.07 Å². The Kier molecular flexibility index (Phi) is 3.35. The average Bonchev–Trinajstić information content (AvgIpc) is 3.08. The zero-order chi connectivity index (χ0) is 13.5. The van der Waals surface area contributed by atoms with Crippen LogP contribution < -0.4 is 5.32 Å². The predicted molar refractivity (Wildman–Crippen MR) is 72.8 cm³/mol. The quantitative estimate of drug-likeness (QED) is 0.923. The molecule has 2 fully saturated rings. The number of carbonyl (C=O) groups is 1. The van der Waals surface area contributed by atoms with E-state index < -0.39 is 5.82 Å². The van der Waals surface area contributed by atoms with Gasteiger partial charge >= 0.3 is 0 Å². The third-order valence-corrected chi connectivity index (χ3v) is 4.85. The SMILES string of the molecule is O=C(Cc1ccc(Cl)c(F)c1)C1CC12CCNCC2. The monoisotopic (exact) mass is 281 g/mol. The van der Waals surface area contributed by atoms with Gasteiger partial charge in [-0.05, 0) is 55.5 Å². The molecule has 1 saturated carbocycles. The second-order valence-electron chi connectivity index (χ2n) is 5.76. The van der Waals surface area contributed by atoms with Crippen molar-refractivity contribution in [3.05, 3.63) is 34.6 Å². The highest BCUT2D eigenvalue weighted by Crippen LogP contribution is 2.59. The van der Waals surface area contributed by atoms with E-state index in [2.05, 4.69) is 5.32 Å².